The van der Waals surface area contributed by atoms with E-state index in [9.17, 15) is 34.9 Å². The van der Waals surface area contributed by atoms with E-state index in [2.05, 4.69) is 4.98 Å². The van der Waals surface area contributed by atoms with Gasteiger partial charge in [-0.15, -0.1) is 0 Å². The summed E-state index contributed by atoms with van der Waals surface area (Å²) in [6.45, 7) is 0. The van der Waals surface area contributed by atoms with Crippen molar-refractivity contribution in [3.8, 4) is 0 Å². The number of rotatable bonds is 5. The van der Waals surface area contributed by atoms with Crippen LogP contribution in [0, 0.1) is 20.2 Å². The van der Waals surface area contributed by atoms with Crippen molar-refractivity contribution in [2.24, 2.45) is 0 Å². The summed E-state index contributed by atoms with van der Waals surface area (Å²) in [5.74, 6) is -2.32. The average molecular weight is 446 g/mol. The highest BCUT2D eigenvalue weighted by atomic mass is 16.6. The first-order chi connectivity index (χ1) is 15.8. The normalized spacial score (nSPS) is 17.2. The molecule has 0 bridgehead atoms. The number of aromatic nitrogens is 1. The Balaban J connectivity index is 1.90. The number of pyridine rings is 1. The third-order valence-corrected chi connectivity index (χ3v) is 5.11. The molecule has 11 nitrogen and oxygen atoms in total. The maximum Gasteiger partial charge on any atom is 0.301 e. The maximum absolute atomic E-state index is 13.0. The van der Waals surface area contributed by atoms with Crippen molar-refractivity contribution in [3.63, 3.8) is 0 Å². The van der Waals surface area contributed by atoms with Crippen LogP contribution >= 0.6 is 0 Å². The first-order valence-electron chi connectivity index (χ1n) is 9.51. The van der Waals surface area contributed by atoms with Crippen LogP contribution in [0.4, 0.5) is 17.2 Å². The Morgan fingerprint density at radius 1 is 0.879 bits per heavy atom. The summed E-state index contributed by atoms with van der Waals surface area (Å²) in [5, 5.41) is 32.9. The van der Waals surface area contributed by atoms with Crippen molar-refractivity contribution in [1.29, 1.82) is 0 Å². The zero-order valence-corrected chi connectivity index (χ0v) is 16.7. The van der Waals surface area contributed by atoms with Crippen LogP contribution in [0.2, 0.25) is 0 Å². The topological polar surface area (TPSA) is 157 Å². The molecular weight excluding hydrogens is 432 g/mol. The number of aliphatic hydroxyl groups is 1. The van der Waals surface area contributed by atoms with Crippen molar-refractivity contribution in [3.05, 3.63) is 110 Å². The second kappa shape index (κ2) is 8.30. The number of benzene rings is 2. The first-order valence-corrected chi connectivity index (χ1v) is 9.51. The minimum Gasteiger partial charge on any atom is -0.507 e. The second-order valence-electron chi connectivity index (χ2n) is 7.01. The lowest BCUT2D eigenvalue weighted by atomic mass is 9.95. The van der Waals surface area contributed by atoms with E-state index in [1.165, 1.54) is 48.7 Å². The molecule has 1 N–H and O–H groups in total. The van der Waals surface area contributed by atoms with Gasteiger partial charge in [-0.05, 0) is 42.0 Å². The summed E-state index contributed by atoms with van der Waals surface area (Å²) < 4.78 is 0. The van der Waals surface area contributed by atoms with Gasteiger partial charge in [0.2, 0.25) is 0 Å². The van der Waals surface area contributed by atoms with Crippen LogP contribution in [0.15, 0.2) is 78.5 Å². The van der Waals surface area contributed by atoms with Gasteiger partial charge in [0.05, 0.1) is 21.5 Å². The van der Waals surface area contributed by atoms with Gasteiger partial charge < -0.3 is 5.11 Å². The van der Waals surface area contributed by atoms with Gasteiger partial charge >= 0.3 is 5.91 Å². The van der Waals surface area contributed by atoms with Gasteiger partial charge in [-0.1, -0.05) is 6.07 Å². The standard InChI is InChI=1S/C22H14N4O7/c27-20(14-6-10-16(11-7-14)26(32)33)18-19(13-4-8-15(9-5-13)25(30)31)24(22(29)21(18)28)17-3-1-2-12-23-17/h1-12,19,27H/b20-18+/t19-/m1/s1. The number of aliphatic hydroxyl groups excluding tert-OH is 1. The van der Waals surface area contributed by atoms with E-state index in [0.717, 1.165) is 17.0 Å². The largest absolute Gasteiger partial charge is 0.507 e. The molecule has 0 aliphatic carbocycles. The number of carbonyl (C=O) groups is 2. The quantitative estimate of drug-likeness (QED) is 0.205. The Bertz CT molecular complexity index is 1300. The first kappa shape index (κ1) is 21.3. The smallest absolute Gasteiger partial charge is 0.301 e. The fourth-order valence-electron chi connectivity index (χ4n) is 3.56. The molecule has 3 aromatic rings. The molecule has 2 aromatic carbocycles. The van der Waals surface area contributed by atoms with Crippen LogP contribution in [0.5, 0.6) is 0 Å². The Labute approximate surface area is 185 Å². The van der Waals surface area contributed by atoms with Gasteiger partial charge in [0.1, 0.15) is 11.6 Å². The number of hydrogen-bond donors (Lipinski definition) is 1. The van der Waals surface area contributed by atoms with Gasteiger partial charge in [-0.2, -0.15) is 0 Å². The number of non-ortho nitro benzene ring substituents is 2. The van der Waals surface area contributed by atoms with Crippen molar-refractivity contribution in [1.82, 2.24) is 4.98 Å². The predicted molar refractivity (Wildman–Crippen MR) is 115 cm³/mol. The molecule has 164 valence electrons. The molecule has 1 atom stereocenters. The highest BCUT2D eigenvalue weighted by Crippen LogP contribution is 2.41. The van der Waals surface area contributed by atoms with Crippen molar-refractivity contribution >= 4 is 34.6 Å². The molecule has 1 aliphatic rings. The summed E-state index contributed by atoms with van der Waals surface area (Å²) >= 11 is 0. The summed E-state index contributed by atoms with van der Waals surface area (Å²) in [5.41, 5.74) is -0.259. The summed E-state index contributed by atoms with van der Waals surface area (Å²) in [6.07, 6.45) is 1.43. The van der Waals surface area contributed by atoms with Crippen LogP contribution in [-0.2, 0) is 9.59 Å². The number of nitro groups is 2. The number of anilines is 1. The third-order valence-electron chi connectivity index (χ3n) is 5.11. The maximum atomic E-state index is 13.0. The van der Waals surface area contributed by atoms with Crippen LogP contribution in [-0.4, -0.2) is 31.6 Å². The number of hydrogen-bond acceptors (Lipinski definition) is 8. The highest BCUT2D eigenvalue weighted by molar-refractivity contribution is 6.51. The fraction of sp³-hybridized carbons (Fsp3) is 0.0455. The molecule has 1 amide bonds. The van der Waals surface area contributed by atoms with Crippen LogP contribution in [0.1, 0.15) is 17.2 Å². The van der Waals surface area contributed by atoms with E-state index >= 15 is 0 Å². The number of amides is 1. The molecule has 0 spiro atoms. The summed E-state index contributed by atoms with van der Waals surface area (Å²) in [7, 11) is 0. The van der Waals surface area contributed by atoms with E-state index < -0.39 is 33.3 Å². The average Bonchev–Trinajstić information content (AvgIpc) is 3.09. The van der Waals surface area contributed by atoms with E-state index in [4.69, 9.17) is 0 Å². The molecular formula is C22H14N4O7. The minimum absolute atomic E-state index is 0.0894. The lowest BCUT2D eigenvalue weighted by molar-refractivity contribution is -0.385. The van der Waals surface area contributed by atoms with Crippen LogP contribution in [0.3, 0.4) is 0 Å². The molecule has 0 unspecified atom stereocenters. The van der Waals surface area contributed by atoms with E-state index in [1.54, 1.807) is 12.1 Å². The Hall–Kier alpha value is -4.93. The Morgan fingerprint density at radius 3 is 1.97 bits per heavy atom. The molecule has 0 saturated carbocycles. The van der Waals surface area contributed by atoms with Crippen LogP contribution < -0.4 is 4.90 Å². The van der Waals surface area contributed by atoms with Gasteiger partial charge in [0, 0.05) is 36.0 Å². The number of nitrogens with zero attached hydrogens (tertiary/aromatic N) is 4. The predicted octanol–water partition coefficient (Wildman–Crippen LogP) is 3.52. The molecule has 1 fully saturated rings. The minimum atomic E-state index is -1.13. The molecule has 1 saturated heterocycles. The zero-order chi connectivity index (χ0) is 23.7. The van der Waals surface area contributed by atoms with Crippen molar-refractivity contribution in [2.75, 3.05) is 4.90 Å². The number of Topliss-reactive ketones (excluding diaryl/α,β-unsaturated/α-hetero) is 1. The lowest BCUT2D eigenvalue weighted by Crippen LogP contribution is -2.30. The summed E-state index contributed by atoms with van der Waals surface area (Å²) in [4.78, 5) is 51.9. The van der Waals surface area contributed by atoms with E-state index in [1.807, 2.05) is 0 Å². The van der Waals surface area contributed by atoms with Gasteiger partial charge in [-0.3, -0.25) is 34.7 Å². The van der Waals surface area contributed by atoms with Gasteiger partial charge in [-0.25, -0.2) is 4.98 Å². The molecule has 4 rings (SSSR count). The Morgan fingerprint density at radius 2 is 1.45 bits per heavy atom. The molecule has 2 heterocycles. The molecule has 11 heteroatoms. The van der Waals surface area contributed by atoms with Crippen LogP contribution in [0.25, 0.3) is 5.76 Å². The van der Waals surface area contributed by atoms with E-state index in [-0.39, 0.29) is 28.3 Å². The SMILES string of the molecule is O=C1C(=O)N(c2ccccn2)[C@H](c2ccc([N+](=O)[O-])cc2)/C1=C(\O)c1ccc([N+](=O)[O-])cc1. The number of nitro benzene ring substituents is 2. The monoisotopic (exact) mass is 446 g/mol. The highest BCUT2D eigenvalue weighted by Gasteiger charge is 2.47. The third kappa shape index (κ3) is 3.78. The van der Waals surface area contributed by atoms with Crippen molar-refractivity contribution in [2.45, 2.75) is 6.04 Å². The van der Waals surface area contributed by atoms with E-state index in [0.29, 0.717) is 5.56 Å². The summed E-state index contributed by atoms with van der Waals surface area (Å²) in [6, 6.07) is 13.7. The second-order valence-corrected chi connectivity index (χ2v) is 7.01. The zero-order valence-electron chi connectivity index (χ0n) is 16.7. The fourth-order valence-corrected chi connectivity index (χ4v) is 3.56. The molecule has 1 aromatic heterocycles. The molecule has 1 aliphatic heterocycles. The van der Waals surface area contributed by atoms with Crippen molar-refractivity contribution < 1.29 is 24.5 Å². The lowest BCUT2D eigenvalue weighted by Gasteiger charge is -2.24. The molecule has 0 radical (unpaired) electrons. The number of carbonyl (C=O) groups excluding carboxylic acids is 2. The number of ketones is 1. The Kier molecular flexibility index (Phi) is 5.36. The van der Waals surface area contributed by atoms with Gasteiger partial charge in [0.15, 0.2) is 0 Å². The van der Waals surface area contributed by atoms with Gasteiger partial charge in [0.25, 0.3) is 17.2 Å². The molecule has 33 heavy (non-hydrogen) atoms.